The first kappa shape index (κ1) is 12.1. The van der Waals surface area contributed by atoms with E-state index in [2.05, 4.69) is 12.3 Å². The largest absolute Gasteiger partial charge is 0.468 e. The van der Waals surface area contributed by atoms with Gasteiger partial charge in [0.2, 0.25) is 0 Å². The fraction of sp³-hybridized carbons (Fsp3) is 0.500. The number of amides is 1. The van der Waals surface area contributed by atoms with E-state index in [0.717, 1.165) is 17.3 Å². The van der Waals surface area contributed by atoms with Crippen LogP contribution in [0, 0.1) is 0 Å². The highest BCUT2D eigenvalue weighted by Gasteiger charge is 2.08. The van der Waals surface area contributed by atoms with Crippen LogP contribution in [0.3, 0.4) is 0 Å². The molecule has 0 fully saturated rings. The van der Waals surface area contributed by atoms with Crippen molar-refractivity contribution < 1.29 is 9.21 Å². The van der Waals surface area contributed by atoms with E-state index in [1.54, 1.807) is 17.8 Å². The summed E-state index contributed by atoms with van der Waals surface area (Å²) in [6.45, 7) is 2.16. The van der Waals surface area contributed by atoms with Gasteiger partial charge in [-0.25, -0.2) is 5.84 Å². The van der Waals surface area contributed by atoms with Crippen molar-refractivity contribution in [2.45, 2.75) is 25.5 Å². The van der Waals surface area contributed by atoms with E-state index >= 15 is 0 Å². The average Bonchev–Trinajstić information content (AvgIpc) is 2.72. The Morgan fingerprint density at radius 2 is 2.47 bits per heavy atom. The molecule has 0 saturated carbocycles. The monoisotopic (exact) mass is 228 g/mol. The van der Waals surface area contributed by atoms with Gasteiger partial charge in [0, 0.05) is 0 Å². The summed E-state index contributed by atoms with van der Waals surface area (Å²) >= 11 is 1.81. The second kappa shape index (κ2) is 6.53. The van der Waals surface area contributed by atoms with Crippen LogP contribution in [0.4, 0.5) is 0 Å². The Kier molecular flexibility index (Phi) is 5.28. The zero-order valence-electron chi connectivity index (χ0n) is 8.79. The number of hydrazine groups is 1. The fourth-order valence-electron chi connectivity index (χ4n) is 1.08. The number of carbonyl (C=O) groups is 1. The van der Waals surface area contributed by atoms with E-state index in [1.165, 1.54) is 19.1 Å². The lowest BCUT2D eigenvalue weighted by Gasteiger charge is -1.96. The number of carbonyl (C=O) groups excluding carboxylic acids is 1. The molecule has 84 valence electrons. The van der Waals surface area contributed by atoms with Crippen LogP contribution >= 0.6 is 11.8 Å². The number of nitrogen functional groups attached to an aromatic ring is 1. The number of nitrogens with two attached hydrogens (primary N) is 1. The fourth-order valence-corrected chi connectivity index (χ4v) is 2.07. The molecule has 0 spiro atoms. The minimum absolute atomic E-state index is 0.316. The van der Waals surface area contributed by atoms with Crippen molar-refractivity contribution in [1.29, 1.82) is 0 Å². The topological polar surface area (TPSA) is 68.3 Å². The summed E-state index contributed by atoms with van der Waals surface area (Å²) in [5, 5.41) is 0. The summed E-state index contributed by atoms with van der Waals surface area (Å²) in [7, 11) is 0. The van der Waals surface area contributed by atoms with E-state index < -0.39 is 0 Å². The van der Waals surface area contributed by atoms with Crippen molar-refractivity contribution in [2.24, 2.45) is 5.84 Å². The zero-order chi connectivity index (χ0) is 11.1. The van der Waals surface area contributed by atoms with E-state index in [4.69, 9.17) is 10.3 Å². The highest BCUT2D eigenvalue weighted by Crippen LogP contribution is 2.16. The molecule has 1 amide bonds. The van der Waals surface area contributed by atoms with Crippen molar-refractivity contribution in [3.63, 3.8) is 0 Å². The second-order valence-corrected chi connectivity index (χ2v) is 4.29. The van der Waals surface area contributed by atoms with Gasteiger partial charge in [-0.1, -0.05) is 13.3 Å². The molecule has 1 rings (SSSR count). The smallest absolute Gasteiger partial charge is 0.268 e. The van der Waals surface area contributed by atoms with Gasteiger partial charge >= 0.3 is 0 Å². The predicted molar refractivity (Wildman–Crippen MR) is 61.4 cm³/mol. The minimum Gasteiger partial charge on any atom is -0.468 e. The van der Waals surface area contributed by atoms with E-state index in [1.807, 2.05) is 0 Å². The van der Waals surface area contributed by atoms with Crippen molar-refractivity contribution in [3.05, 3.63) is 23.7 Å². The first-order valence-electron chi connectivity index (χ1n) is 4.94. The molecule has 1 aromatic heterocycles. The highest BCUT2D eigenvalue weighted by atomic mass is 32.2. The molecule has 0 aliphatic heterocycles. The lowest BCUT2D eigenvalue weighted by molar-refractivity contribution is 0.0953. The van der Waals surface area contributed by atoms with E-state index in [-0.39, 0.29) is 5.91 Å². The van der Waals surface area contributed by atoms with Crippen LogP contribution in [0.2, 0.25) is 0 Å². The number of thioether (sulfide) groups is 1. The third-order valence-corrected chi connectivity index (χ3v) is 3.00. The number of hydrogen-bond donors (Lipinski definition) is 2. The second-order valence-electron chi connectivity index (χ2n) is 3.18. The summed E-state index contributed by atoms with van der Waals surface area (Å²) in [4.78, 5) is 11.1. The van der Waals surface area contributed by atoms with Crippen LogP contribution < -0.4 is 11.3 Å². The highest BCUT2D eigenvalue weighted by molar-refractivity contribution is 7.98. The molecule has 0 saturated heterocycles. The van der Waals surface area contributed by atoms with Crippen molar-refractivity contribution in [2.75, 3.05) is 5.75 Å². The molecule has 0 aromatic carbocycles. The van der Waals surface area contributed by atoms with Crippen molar-refractivity contribution in [1.82, 2.24) is 5.43 Å². The lowest BCUT2D eigenvalue weighted by atomic mass is 10.3. The molecular formula is C10H16N2O2S. The Morgan fingerprint density at radius 3 is 3.13 bits per heavy atom. The molecule has 0 bridgehead atoms. The van der Waals surface area contributed by atoms with Crippen LogP contribution in [0.1, 0.15) is 35.9 Å². The lowest BCUT2D eigenvalue weighted by Crippen LogP contribution is -2.29. The minimum atomic E-state index is -0.316. The standard InChI is InChI=1S/C10H16N2O2S/c1-2-3-4-15-7-9-5-8(6-14-9)10(13)12-11/h5-6H,2-4,7,11H2,1H3,(H,12,13). The van der Waals surface area contributed by atoms with Crippen molar-refractivity contribution >= 4 is 17.7 Å². The van der Waals surface area contributed by atoms with Gasteiger partial charge in [-0.2, -0.15) is 11.8 Å². The number of hydrogen-bond acceptors (Lipinski definition) is 4. The summed E-state index contributed by atoms with van der Waals surface area (Å²) < 4.78 is 5.23. The van der Waals surface area contributed by atoms with Gasteiger partial charge in [0.1, 0.15) is 12.0 Å². The predicted octanol–water partition coefficient (Wildman–Crippen LogP) is 1.92. The molecule has 4 nitrogen and oxygen atoms in total. The molecule has 1 heterocycles. The Bertz CT molecular complexity index is 312. The summed E-state index contributed by atoms with van der Waals surface area (Å²) in [6, 6.07) is 1.72. The van der Waals surface area contributed by atoms with Gasteiger partial charge < -0.3 is 4.42 Å². The molecule has 0 radical (unpaired) electrons. The molecular weight excluding hydrogens is 212 g/mol. The third kappa shape index (κ3) is 3.97. The Labute approximate surface area is 93.6 Å². The van der Waals surface area contributed by atoms with Gasteiger partial charge in [-0.3, -0.25) is 10.2 Å². The van der Waals surface area contributed by atoms with Gasteiger partial charge in [0.05, 0.1) is 11.3 Å². The van der Waals surface area contributed by atoms with Crippen LogP contribution in [0.5, 0.6) is 0 Å². The van der Waals surface area contributed by atoms with Gasteiger partial charge in [0.25, 0.3) is 5.91 Å². The molecule has 15 heavy (non-hydrogen) atoms. The number of nitrogens with one attached hydrogen (secondary N) is 1. The van der Waals surface area contributed by atoms with E-state index in [0.29, 0.717) is 5.56 Å². The molecule has 5 heteroatoms. The summed E-state index contributed by atoms with van der Waals surface area (Å²) in [6.07, 6.45) is 3.84. The van der Waals surface area contributed by atoms with Crippen molar-refractivity contribution in [3.8, 4) is 0 Å². The van der Waals surface area contributed by atoms with Crippen LogP contribution in [-0.2, 0) is 5.75 Å². The molecule has 0 aliphatic rings. The Morgan fingerprint density at radius 1 is 1.67 bits per heavy atom. The van der Waals surface area contributed by atoms with Gasteiger partial charge in [-0.15, -0.1) is 0 Å². The Balaban J connectivity index is 2.36. The first-order valence-corrected chi connectivity index (χ1v) is 6.09. The SMILES string of the molecule is CCCCSCc1cc(C(=O)NN)co1. The maximum atomic E-state index is 11.1. The quantitative estimate of drug-likeness (QED) is 0.338. The number of rotatable bonds is 6. The molecule has 0 aliphatic carbocycles. The van der Waals surface area contributed by atoms with Crippen LogP contribution in [-0.4, -0.2) is 11.7 Å². The molecule has 0 atom stereocenters. The van der Waals surface area contributed by atoms with Crippen LogP contribution in [0.15, 0.2) is 16.7 Å². The van der Waals surface area contributed by atoms with Crippen LogP contribution in [0.25, 0.3) is 0 Å². The number of furan rings is 1. The average molecular weight is 228 g/mol. The maximum absolute atomic E-state index is 11.1. The third-order valence-electron chi connectivity index (χ3n) is 1.93. The van der Waals surface area contributed by atoms with Gasteiger partial charge in [0.15, 0.2) is 0 Å². The Hall–Kier alpha value is -0.940. The van der Waals surface area contributed by atoms with Gasteiger partial charge in [-0.05, 0) is 18.2 Å². The summed E-state index contributed by atoms with van der Waals surface area (Å²) in [5.41, 5.74) is 2.54. The first-order chi connectivity index (χ1) is 7.27. The normalized spacial score (nSPS) is 10.3. The molecule has 1 aromatic rings. The summed E-state index contributed by atoms with van der Waals surface area (Å²) in [5.74, 6) is 7.43. The maximum Gasteiger partial charge on any atom is 0.268 e. The zero-order valence-corrected chi connectivity index (χ0v) is 9.60. The number of unbranched alkanes of at least 4 members (excludes halogenated alkanes) is 1. The molecule has 3 N–H and O–H groups in total. The van der Waals surface area contributed by atoms with E-state index in [9.17, 15) is 4.79 Å². The molecule has 0 unspecified atom stereocenters.